The summed E-state index contributed by atoms with van der Waals surface area (Å²) in [6.45, 7) is 8.10. The molecule has 1 amide bonds. The number of rotatable bonds is 3. The molecule has 1 heterocycles. The van der Waals surface area contributed by atoms with E-state index in [9.17, 15) is 9.59 Å². The normalized spacial score (nSPS) is 16.4. The molecule has 1 aromatic carbocycles. The maximum Gasteiger partial charge on any atom is 0.267 e. The van der Waals surface area contributed by atoms with Crippen LogP contribution in [0.25, 0.3) is 0 Å². The van der Waals surface area contributed by atoms with Gasteiger partial charge in [0.2, 0.25) is 5.91 Å². The lowest BCUT2D eigenvalue weighted by atomic mass is 9.88. The van der Waals surface area contributed by atoms with Crippen LogP contribution in [0.4, 0.5) is 5.69 Å². The first-order valence-electron chi connectivity index (χ1n) is 8.81. The molecule has 1 aliphatic rings. The van der Waals surface area contributed by atoms with Crippen LogP contribution in [0.3, 0.4) is 0 Å². The van der Waals surface area contributed by atoms with E-state index in [2.05, 4.69) is 17.3 Å². The molecular formula is C20H25N3O2. The number of aryl methyl sites for hydroxylation is 4. The molecule has 132 valence electrons. The molecule has 0 saturated heterocycles. The Hall–Kier alpha value is -2.43. The van der Waals surface area contributed by atoms with Crippen molar-refractivity contribution in [3.63, 3.8) is 0 Å². The van der Waals surface area contributed by atoms with Crippen LogP contribution < -0.4 is 10.9 Å². The monoisotopic (exact) mass is 339 g/mol. The van der Waals surface area contributed by atoms with Gasteiger partial charge in [-0.15, -0.1) is 0 Å². The maximum absolute atomic E-state index is 12.4. The van der Waals surface area contributed by atoms with E-state index >= 15 is 0 Å². The Kier molecular flexibility index (Phi) is 4.75. The van der Waals surface area contributed by atoms with Gasteiger partial charge in [0.05, 0.1) is 5.69 Å². The summed E-state index contributed by atoms with van der Waals surface area (Å²) < 4.78 is 1.28. The summed E-state index contributed by atoms with van der Waals surface area (Å²) in [4.78, 5) is 24.7. The van der Waals surface area contributed by atoms with Gasteiger partial charge in [0.1, 0.15) is 6.54 Å². The molecular weight excluding hydrogens is 314 g/mol. The van der Waals surface area contributed by atoms with Crippen molar-refractivity contribution in [2.45, 2.75) is 53.5 Å². The fourth-order valence-electron chi connectivity index (χ4n) is 3.62. The lowest BCUT2D eigenvalue weighted by Crippen LogP contribution is -2.32. The molecule has 1 N–H and O–H groups in total. The number of fused-ring (bicyclic) bond motifs is 1. The van der Waals surface area contributed by atoms with Crippen LogP contribution in [0.15, 0.2) is 23.0 Å². The van der Waals surface area contributed by atoms with Gasteiger partial charge in [-0.2, -0.15) is 5.10 Å². The third-order valence-corrected chi connectivity index (χ3v) is 4.84. The van der Waals surface area contributed by atoms with Crippen LogP contribution in [0.1, 0.15) is 41.3 Å². The Balaban J connectivity index is 1.79. The first kappa shape index (κ1) is 17.4. The molecule has 25 heavy (non-hydrogen) atoms. The van der Waals surface area contributed by atoms with Crippen LogP contribution in [0, 0.1) is 26.7 Å². The summed E-state index contributed by atoms with van der Waals surface area (Å²) >= 11 is 0. The molecule has 0 bridgehead atoms. The number of nitrogens with one attached hydrogen (secondary N) is 1. The zero-order valence-corrected chi connectivity index (χ0v) is 15.3. The predicted octanol–water partition coefficient (Wildman–Crippen LogP) is 2.93. The molecule has 0 aliphatic heterocycles. The van der Waals surface area contributed by atoms with Crippen molar-refractivity contribution >= 4 is 11.6 Å². The van der Waals surface area contributed by atoms with Gasteiger partial charge >= 0.3 is 0 Å². The van der Waals surface area contributed by atoms with E-state index in [-0.39, 0.29) is 18.0 Å². The van der Waals surface area contributed by atoms with E-state index in [1.165, 1.54) is 4.68 Å². The van der Waals surface area contributed by atoms with Crippen LogP contribution in [0.5, 0.6) is 0 Å². The molecule has 0 radical (unpaired) electrons. The van der Waals surface area contributed by atoms with Gasteiger partial charge in [-0.1, -0.05) is 24.6 Å². The molecule has 3 rings (SSSR count). The number of nitrogens with zero attached hydrogens (tertiary/aromatic N) is 2. The molecule has 1 aromatic heterocycles. The lowest BCUT2D eigenvalue weighted by Gasteiger charge is -2.21. The lowest BCUT2D eigenvalue weighted by molar-refractivity contribution is -0.117. The highest BCUT2D eigenvalue weighted by Gasteiger charge is 2.19. The molecule has 0 saturated carbocycles. The molecule has 1 unspecified atom stereocenters. The van der Waals surface area contributed by atoms with Crippen molar-refractivity contribution in [1.29, 1.82) is 0 Å². The third-order valence-electron chi connectivity index (χ3n) is 4.84. The van der Waals surface area contributed by atoms with Gasteiger partial charge in [-0.3, -0.25) is 9.59 Å². The Morgan fingerprint density at radius 3 is 2.60 bits per heavy atom. The Labute approximate surface area is 148 Å². The molecule has 5 heteroatoms. The van der Waals surface area contributed by atoms with Crippen LogP contribution in [0.2, 0.25) is 0 Å². The summed E-state index contributed by atoms with van der Waals surface area (Å²) in [6, 6.07) is 5.72. The predicted molar refractivity (Wildman–Crippen MR) is 99.0 cm³/mol. The largest absolute Gasteiger partial charge is 0.324 e. The number of anilines is 1. The van der Waals surface area contributed by atoms with Gasteiger partial charge in [-0.25, -0.2) is 4.68 Å². The third kappa shape index (κ3) is 3.81. The maximum atomic E-state index is 12.4. The number of benzene rings is 1. The summed E-state index contributed by atoms with van der Waals surface area (Å²) in [5.74, 6) is 0.356. The summed E-state index contributed by atoms with van der Waals surface area (Å²) in [5.41, 5.74) is 5.79. The van der Waals surface area contributed by atoms with E-state index in [0.717, 1.165) is 52.9 Å². The minimum atomic E-state index is -0.228. The molecule has 5 nitrogen and oxygen atoms in total. The van der Waals surface area contributed by atoms with Crippen molar-refractivity contribution in [2.24, 2.45) is 5.92 Å². The van der Waals surface area contributed by atoms with E-state index in [4.69, 9.17) is 0 Å². The minimum absolute atomic E-state index is 0.0611. The highest BCUT2D eigenvalue weighted by atomic mass is 16.2. The second-order valence-electron chi connectivity index (χ2n) is 7.28. The van der Waals surface area contributed by atoms with Gasteiger partial charge < -0.3 is 5.32 Å². The van der Waals surface area contributed by atoms with Gasteiger partial charge in [0.25, 0.3) is 5.56 Å². The van der Waals surface area contributed by atoms with Gasteiger partial charge in [0, 0.05) is 11.8 Å². The smallest absolute Gasteiger partial charge is 0.267 e. The van der Waals surface area contributed by atoms with Crippen molar-refractivity contribution < 1.29 is 4.79 Å². The molecule has 1 aliphatic carbocycles. The number of amides is 1. The molecule has 2 aromatic rings. The van der Waals surface area contributed by atoms with Crippen LogP contribution in [-0.2, 0) is 24.2 Å². The van der Waals surface area contributed by atoms with Crippen molar-refractivity contribution in [1.82, 2.24) is 9.78 Å². The summed E-state index contributed by atoms with van der Waals surface area (Å²) in [7, 11) is 0. The molecule has 0 spiro atoms. The average Bonchev–Trinajstić information content (AvgIpc) is 2.52. The second-order valence-corrected chi connectivity index (χ2v) is 7.28. The minimum Gasteiger partial charge on any atom is -0.324 e. The van der Waals surface area contributed by atoms with Gasteiger partial charge in [0.15, 0.2) is 0 Å². The Bertz CT molecular complexity index is 860. The highest BCUT2D eigenvalue weighted by Crippen LogP contribution is 2.23. The quantitative estimate of drug-likeness (QED) is 0.935. The van der Waals surface area contributed by atoms with Crippen molar-refractivity contribution in [2.75, 3.05) is 5.32 Å². The standard InChI is InChI=1S/C20H25N3O2/c1-12-5-6-17-16(9-12)10-19(25)23(22-17)11-18(24)21-20-14(3)7-13(2)8-15(20)4/h7-8,10,12H,5-6,9,11H2,1-4H3,(H,21,24). The number of carbonyl (C=O) groups excluding carboxylic acids is 1. The van der Waals surface area contributed by atoms with Crippen LogP contribution in [-0.4, -0.2) is 15.7 Å². The highest BCUT2D eigenvalue weighted by molar-refractivity contribution is 5.92. The number of hydrogen-bond acceptors (Lipinski definition) is 3. The number of hydrogen-bond donors (Lipinski definition) is 1. The van der Waals surface area contributed by atoms with E-state index < -0.39 is 0 Å². The van der Waals surface area contributed by atoms with Gasteiger partial charge in [-0.05, 0) is 62.6 Å². The van der Waals surface area contributed by atoms with Crippen molar-refractivity contribution in [3.8, 4) is 0 Å². The Morgan fingerprint density at radius 2 is 1.92 bits per heavy atom. The van der Waals surface area contributed by atoms with E-state index in [1.54, 1.807) is 6.07 Å². The SMILES string of the molecule is Cc1cc(C)c(NC(=O)Cn2nc3c(cc2=O)CC(C)CC3)c(C)c1. The van der Waals surface area contributed by atoms with Crippen LogP contribution >= 0.6 is 0 Å². The first-order chi connectivity index (χ1) is 11.8. The summed E-state index contributed by atoms with van der Waals surface area (Å²) in [6.07, 6.45) is 2.84. The number of aromatic nitrogens is 2. The first-order valence-corrected chi connectivity index (χ1v) is 8.81. The molecule has 0 fully saturated rings. The van der Waals surface area contributed by atoms with E-state index in [0.29, 0.717) is 5.92 Å². The summed E-state index contributed by atoms with van der Waals surface area (Å²) in [5, 5.41) is 7.36. The van der Waals surface area contributed by atoms with Crippen molar-refractivity contribution in [3.05, 3.63) is 56.5 Å². The topological polar surface area (TPSA) is 64.0 Å². The zero-order valence-electron chi connectivity index (χ0n) is 15.3. The fraction of sp³-hybridized carbons (Fsp3) is 0.450. The molecule has 1 atom stereocenters. The Morgan fingerprint density at radius 1 is 1.24 bits per heavy atom. The zero-order chi connectivity index (χ0) is 18.1. The fourth-order valence-corrected chi connectivity index (χ4v) is 3.62. The average molecular weight is 339 g/mol. The number of carbonyl (C=O) groups is 1. The second kappa shape index (κ2) is 6.82. The van der Waals surface area contributed by atoms with E-state index in [1.807, 2.05) is 32.9 Å².